The first-order valence-corrected chi connectivity index (χ1v) is 9.59. The number of carbonyl (C=O) groups excluding carboxylic acids is 2. The number of rotatable bonds is 2. The van der Waals surface area contributed by atoms with Crippen LogP contribution < -0.4 is 0 Å². The number of benzene rings is 2. The highest BCUT2D eigenvalue weighted by Crippen LogP contribution is 2.29. The normalized spacial score (nSPS) is 18.4. The molecule has 4 rings (SSSR count). The number of methoxy groups -OCH3 is 1. The Hall–Kier alpha value is -3.34. The van der Waals surface area contributed by atoms with E-state index >= 15 is 0 Å². The van der Waals surface area contributed by atoms with Crippen LogP contribution >= 0.6 is 11.6 Å². The molecule has 0 bridgehead atoms. The summed E-state index contributed by atoms with van der Waals surface area (Å²) in [5, 5.41) is 15.8. The highest BCUT2D eigenvalue weighted by atomic mass is 35.5. The Labute approximate surface area is 177 Å². The van der Waals surface area contributed by atoms with Gasteiger partial charge in [-0.1, -0.05) is 35.6 Å². The predicted molar refractivity (Wildman–Crippen MR) is 112 cm³/mol. The third-order valence-corrected chi connectivity index (χ3v) is 5.36. The first-order chi connectivity index (χ1) is 14.3. The monoisotopic (exact) mass is 423 g/mol. The zero-order valence-corrected chi connectivity index (χ0v) is 17.1. The van der Waals surface area contributed by atoms with Gasteiger partial charge in [-0.2, -0.15) is 5.10 Å². The van der Waals surface area contributed by atoms with Crippen LogP contribution in [-0.4, -0.2) is 58.0 Å². The Balaban J connectivity index is 1.79. The molecule has 3 aromatic rings. The molecule has 2 heterocycles. The van der Waals surface area contributed by atoms with Gasteiger partial charge < -0.3 is 14.7 Å². The maximum atomic E-state index is 12.2. The van der Waals surface area contributed by atoms with Crippen LogP contribution in [0.15, 0.2) is 42.5 Å². The van der Waals surface area contributed by atoms with Crippen LogP contribution in [0.5, 0.6) is 0 Å². The first kappa shape index (κ1) is 20.0. The fraction of sp³-hybridized carbons (Fsp3) is 0.227. The molecular weight excluding hydrogens is 406 g/mol. The number of amides is 1. The Morgan fingerprint density at radius 2 is 2.07 bits per heavy atom. The molecule has 1 saturated heterocycles. The number of fused-ring (bicyclic) bond motifs is 1. The second kappa shape index (κ2) is 7.48. The molecule has 0 radical (unpaired) electrons. The second-order valence-electron chi connectivity index (χ2n) is 7.02. The molecule has 1 aliphatic heterocycles. The van der Waals surface area contributed by atoms with E-state index in [-0.39, 0.29) is 12.1 Å². The van der Waals surface area contributed by atoms with Crippen molar-refractivity contribution < 1.29 is 19.4 Å². The van der Waals surface area contributed by atoms with Gasteiger partial charge in [0.15, 0.2) is 5.69 Å². The van der Waals surface area contributed by atoms with Crippen molar-refractivity contribution >= 4 is 34.4 Å². The summed E-state index contributed by atoms with van der Waals surface area (Å²) in [6.45, 7) is 0.459. The number of nitrogens with zero attached hydrogens (tertiary/aromatic N) is 3. The molecule has 152 valence electrons. The van der Waals surface area contributed by atoms with E-state index in [1.807, 2.05) is 6.07 Å². The number of carbonyl (C=O) groups is 2. The van der Waals surface area contributed by atoms with Gasteiger partial charge in [-0.25, -0.2) is 9.48 Å². The summed E-state index contributed by atoms with van der Waals surface area (Å²) >= 11 is 6.31. The number of likely N-dealkylation sites (tertiary alicyclic amines) is 1. The van der Waals surface area contributed by atoms with Gasteiger partial charge in [0.1, 0.15) is 0 Å². The zero-order valence-electron chi connectivity index (χ0n) is 16.3. The number of aliphatic hydroxyl groups is 1. The van der Waals surface area contributed by atoms with Crippen molar-refractivity contribution in [3.63, 3.8) is 0 Å². The molecule has 1 aromatic heterocycles. The maximum Gasteiger partial charge on any atom is 0.359 e. The molecule has 2 aromatic carbocycles. The van der Waals surface area contributed by atoms with E-state index in [1.54, 1.807) is 48.1 Å². The summed E-state index contributed by atoms with van der Waals surface area (Å²) in [7, 11) is 2.92. The van der Waals surface area contributed by atoms with Crippen molar-refractivity contribution in [3.05, 3.63) is 58.7 Å². The Morgan fingerprint density at radius 1 is 1.30 bits per heavy atom. The van der Waals surface area contributed by atoms with E-state index in [4.69, 9.17) is 16.3 Å². The number of esters is 1. The molecule has 0 aliphatic carbocycles. The van der Waals surface area contributed by atoms with E-state index in [1.165, 1.54) is 12.0 Å². The van der Waals surface area contributed by atoms with Gasteiger partial charge in [-0.15, -0.1) is 0 Å². The van der Waals surface area contributed by atoms with Gasteiger partial charge in [0.25, 0.3) is 5.91 Å². The number of ether oxygens (including phenoxy) is 1. The van der Waals surface area contributed by atoms with Gasteiger partial charge in [0.05, 0.1) is 28.7 Å². The van der Waals surface area contributed by atoms with Crippen molar-refractivity contribution in [2.45, 2.75) is 12.0 Å². The van der Waals surface area contributed by atoms with Gasteiger partial charge in [0, 0.05) is 25.6 Å². The molecule has 1 aliphatic rings. The summed E-state index contributed by atoms with van der Waals surface area (Å²) in [6, 6.07) is 12.4. The van der Waals surface area contributed by atoms with Crippen LogP contribution in [0.25, 0.3) is 16.6 Å². The fourth-order valence-electron chi connectivity index (χ4n) is 3.42. The Bertz CT molecular complexity index is 1240. The Kier molecular flexibility index (Phi) is 4.98. The summed E-state index contributed by atoms with van der Waals surface area (Å²) in [6.07, 6.45) is 0.264. The standard InChI is InChI=1S/C22H18ClN3O4/c1-25-12-11-22(29,21(25)28)10-9-14-5-3-6-15(13-14)26-17-8-4-7-16(23)18(17)19(24-26)20(27)30-2/h3-8,13,29H,11-12H2,1-2H3/t22-/m0/s1. The average Bonchev–Trinajstić information content (AvgIpc) is 3.27. The highest BCUT2D eigenvalue weighted by molar-refractivity contribution is 6.36. The third-order valence-electron chi connectivity index (χ3n) is 5.05. The minimum atomic E-state index is -1.67. The molecule has 1 N–H and O–H groups in total. The smallest absolute Gasteiger partial charge is 0.359 e. The SMILES string of the molecule is COC(=O)c1nn(-c2cccc(C#C[C@]3(O)CCN(C)C3=O)c2)c2cccc(Cl)c12. The minimum absolute atomic E-state index is 0.114. The topological polar surface area (TPSA) is 84.7 Å². The lowest BCUT2D eigenvalue weighted by Gasteiger charge is -2.13. The second-order valence-corrected chi connectivity index (χ2v) is 7.43. The van der Waals surface area contributed by atoms with Crippen molar-refractivity contribution in [1.82, 2.24) is 14.7 Å². The molecule has 7 nitrogen and oxygen atoms in total. The number of hydrogen-bond donors (Lipinski definition) is 1. The van der Waals surface area contributed by atoms with Crippen LogP contribution in [0.4, 0.5) is 0 Å². The molecule has 0 unspecified atom stereocenters. The van der Waals surface area contributed by atoms with Gasteiger partial charge in [0.2, 0.25) is 5.60 Å². The van der Waals surface area contributed by atoms with E-state index < -0.39 is 17.5 Å². The summed E-state index contributed by atoms with van der Waals surface area (Å²) in [5.74, 6) is 4.59. The number of likely N-dealkylation sites (N-methyl/N-ethyl adjacent to an activating group) is 1. The third kappa shape index (κ3) is 3.30. The van der Waals surface area contributed by atoms with E-state index in [0.29, 0.717) is 33.7 Å². The molecule has 1 atom stereocenters. The van der Waals surface area contributed by atoms with E-state index in [0.717, 1.165) is 0 Å². The van der Waals surface area contributed by atoms with Crippen molar-refractivity contribution in [2.24, 2.45) is 0 Å². The molecule has 0 spiro atoms. The lowest BCUT2D eigenvalue weighted by atomic mass is 10.0. The molecule has 1 fully saturated rings. The van der Waals surface area contributed by atoms with Gasteiger partial charge in [-0.05, 0) is 30.3 Å². The summed E-state index contributed by atoms with van der Waals surface area (Å²) < 4.78 is 6.42. The molecule has 30 heavy (non-hydrogen) atoms. The lowest BCUT2D eigenvalue weighted by Crippen LogP contribution is -2.37. The van der Waals surface area contributed by atoms with Crippen LogP contribution in [0.3, 0.4) is 0 Å². The molecule has 8 heteroatoms. The van der Waals surface area contributed by atoms with E-state index in [2.05, 4.69) is 16.9 Å². The number of hydrogen-bond acceptors (Lipinski definition) is 5. The zero-order chi connectivity index (χ0) is 21.5. The largest absolute Gasteiger partial charge is 0.464 e. The average molecular weight is 424 g/mol. The molecule has 1 amide bonds. The van der Waals surface area contributed by atoms with Crippen LogP contribution in [0.2, 0.25) is 5.02 Å². The fourth-order valence-corrected chi connectivity index (χ4v) is 3.68. The Morgan fingerprint density at radius 3 is 2.77 bits per heavy atom. The predicted octanol–water partition coefficient (Wildman–Crippen LogP) is 2.41. The van der Waals surface area contributed by atoms with E-state index in [9.17, 15) is 14.7 Å². The van der Waals surface area contributed by atoms with Crippen LogP contribution in [-0.2, 0) is 9.53 Å². The van der Waals surface area contributed by atoms with Crippen LogP contribution in [0.1, 0.15) is 22.5 Å². The lowest BCUT2D eigenvalue weighted by molar-refractivity contribution is -0.137. The minimum Gasteiger partial charge on any atom is -0.464 e. The first-order valence-electron chi connectivity index (χ1n) is 9.21. The number of aromatic nitrogens is 2. The van der Waals surface area contributed by atoms with Gasteiger partial charge in [-0.3, -0.25) is 4.79 Å². The quantitative estimate of drug-likeness (QED) is 0.505. The van der Waals surface area contributed by atoms with Gasteiger partial charge >= 0.3 is 5.97 Å². The highest BCUT2D eigenvalue weighted by Gasteiger charge is 2.42. The van der Waals surface area contributed by atoms with Crippen molar-refractivity contribution in [3.8, 4) is 17.5 Å². The number of halogens is 1. The maximum absolute atomic E-state index is 12.2. The van der Waals surface area contributed by atoms with Crippen LogP contribution in [0, 0.1) is 11.8 Å². The van der Waals surface area contributed by atoms with Crippen molar-refractivity contribution in [2.75, 3.05) is 20.7 Å². The van der Waals surface area contributed by atoms with Crippen molar-refractivity contribution in [1.29, 1.82) is 0 Å². The summed E-state index contributed by atoms with van der Waals surface area (Å²) in [4.78, 5) is 25.8. The molecule has 0 saturated carbocycles. The molecular formula is C22H18ClN3O4. The summed E-state index contributed by atoms with van der Waals surface area (Å²) in [5.41, 5.74) is 0.316.